The molecule has 0 spiro atoms. The lowest BCUT2D eigenvalue weighted by Gasteiger charge is -2.41. The van der Waals surface area contributed by atoms with E-state index in [0.717, 1.165) is 17.4 Å². The number of hydrogen-bond donors (Lipinski definition) is 2. The molecule has 3 unspecified atom stereocenters. The second-order valence-corrected chi connectivity index (χ2v) is 9.77. The molecule has 4 heteroatoms. The van der Waals surface area contributed by atoms with Crippen molar-refractivity contribution >= 4 is 5.91 Å². The zero-order chi connectivity index (χ0) is 23.5. The van der Waals surface area contributed by atoms with Gasteiger partial charge >= 0.3 is 0 Å². The van der Waals surface area contributed by atoms with E-state index >= 15 is 0 Å². The first kappa shape index (κ1) is 28.7. The summed E-state index contributed by atoms with van der Waals surface area (Å²) in [5, 5.41) is 6.64. The van der Waals surface area contributed by atoms with Crippen molar-refractivity contribution in [1.29, 1.82) is 0 Å². The van der Waals surface area contributed by atoms with Gasteiger partial charge in [0.15, 0.2) is 12.3 Å². The number of carbonyl (C=O) groups excluding carboxylic acids is 1. The van der Waals surface area contributed by atoms with Crippen molar-refractivity contribution < 1.29 is 9.28 Å². The third kappa shape index (κ3) is 11.5. The molecule has 0 saturated heterocycles. The molecular weight excluding hydrogens is 394 g/mol. The van der Waals surface area contributed by atoms with E-state index < -0.39 is 0 Å². The van der Waals surface area contributed by atoms with Gasteiger partial charge in [-0.2, -0.15) is 0 Å². The van der Waals surface area contributed by atoms with Gasteiger partial charge in [0.2, 0.25) is 5.91 Å². The van der Waals surface area contributed by atoms with E-state index in [4.69, 9.17) is 0 Å². The van der Waals surface area contributed by atoms with Crippen LogP contribution >= 0.6 is 0 Å². The van der Waals surface area contributed by atoms with Gasteiger partial charge in [0.05, 0.1) is 12.7 Å². The number of quaternary nitrogens is 1. The highest BCUT2D eigenvalue weighted by molar-refractivity contribution is 5.72. The first-order valence-electron chi connectivity index (χ1n) is 13.8. The zero-order valence-electron chi connectivity index (χ0n) is 21.8. The second-order valence-electron chi connectivity index (χ2n) is 9.77. The van der Waals surface area contributed by atoms with Gasteiger partial charge in [-0.3, -0.25) is 9.28 Å². The van der Waals surface area contributed by atoms with Crippen molar-refractivity contribution in [2.75, 3.05) is 6.54 Å². The van der Waals surface area contributed by atoms with Gasteiger partial charge in [-0.15, -0.1) is 0 Å². The van der Waals surface area contributed by atoms with Crippen LogP contribution in [0.15, 0.2) is 24.6 Å². The molecule has 1 aliphatic rings. The average molecular weight is 449 g/mol. The summed E-state index contributed by atoms with van der Waals surface area (Å²) in [6.07, 6.45) is 31.1. The molecule has 0 aromatic heterocycles. The monoisotopic (exact) mass is 448 g/mol. The van der Waals surface area contributed by atoms with Crippen LogP contribution in [0, 0.1) is 0 Å². The Hall–Kier alpha value is -1.29. The predicted octanol–water partition coefficient (Wildman–Crippen LogP) is 7.52. The normalized spacial score (nSPS) is 21.2. The SMILES string of the molecule is CCCCCCCCC/C=C/CCCCCCCCC1NC=C[N+]1(CC)C(C)NC(C)=O. The second kappa shape index (κ2) is 18.2. The van der Waals surface area contributed by atoms with Crippen molar-refractivity contribution in [2.45, 2.75) is 143 Å². The molecule has 0 aromatic carbocycles. The van der Waals surface area contributed by atoms with Gasteiger partial charge < -0.3 is 10.6 Å². The van der Waals surface area contributed by atoms with Crippen LogP contribution in [0.4, 0.5) is 0 Å². The molecule has 0 radical (unpaired) electrons. The van der Waals surface area contributed by atoms with E-state index in [0.29, 0.717) is 6.17 Å². The molecule has 1 heterocycles. The van der Waals surface area contributed by atoms with Crippen LogP contribution in [0.5, 0.6) is 0 Å². The fraction of sp³-hybridized carbons (Fsp3) is 0.821. The molecular formula is C28H54N3O+. The Balaban J connectivity index is 2.01. The van der Waals surface area contributed by atoms with Gasteiger partial charge in [-0.05, 0) is 39.0 Å². The molecule has 4 nitrogen and oxygen atoms in total. The Kier molecular flexibility index (Phi) is 16.3. The third-order valence-corrected chi connectivity index (χ3v) is 7.14. The van der Waals surface area contributed by atoms with Crippen LogP contribution in [0.3, 0.4) is 0 Å². The molecule has 0 bridgehead atoms. The molecule has 0 aliphatic carbocycles. The van der Waals surface area contributed by atoms with Crippen LogP contribution in [-0.4, -0.2) is 29.3 Å². The minimum Gasteiger partial charge on any atom is -0.338 e. The third-order valence-electron chi connectivity index (χ3n) is 7.14. The Labute approximate surface area is 199 Å². The van der Waals surface area contributed by atoms with Crippen molar-refractivity contribution in [1.82, 2.24) is 10.6 Å². The molecule has 1 aliphatic heterocycles. The Morgan fingerprint density at radius 1 is 0.906 bits per heavy atom. The summed E-state index contributed by atoms with van der Waals surface area (Å²) in [5.41, 5.74) is 0. The number of rotatable bonds is 20. The predicted molar refractivity (Wildman–Crippen MR) is 139 cm³/mol. The number of hydrogen-bond acceptors (Lipinski definition) is 2. The summed E-state index contributed by atoms with van der Waals surface area (Å²) in [4.78, 5) is 11.5. The largest absolute Gasteiger partial charge is 0.338 e. The molecule has 2 N–H and O–H groups in total. The molecule has 0 fully saturated rings. The number of nitrogens with zero attached hydrogens (tertiary/aromatic N) is 1. The Morgan fingerprint density at radius 2 is 1.44 bits per heavy atom. The molecule has 1 amide bonds. The molecule has 1 rings (SSSR count). The van der Waals surface area contributed by atoms with E-state index in [-0.39, 0.29) is 12.1 Å². The highest BCUT2D eigenvalue weighted by Gasteiger charge is 2.41. The lowest BCUT2D eigenvalue weighted by atomic mass is 10.1. The topological polar surface area (TPSA) is 41.1 Å². The summed E-state index contributed by atoms with van der Waals surface area (Å²) < 4.78 is 0.810. The van der Waals surface area contributed by atoms with Crippen molar-refractivity contribution in [3.8, 4) is 0 Å². The van der Waals surface area contributed by atoms with Crippen molar-refractivity contribution in [3.63, 3.8) is 0 Å². The maximum Gasteiger partial charge on any atom is 0.221 e. The molecule has 3 atom stereocenters. The Bertz CT molecular complexity index is 531. The quantitative estimate of drug-likeness (QED) is 0.115. The van der Waals surface area contributed by atoms with Crippen LogP contribution in [0.2, 0.25) is 0 Å². The summed E-state index contributed by atoms with van der Waals surface area (Å²) in [6.45, 7) is 9.22. The van der Waals surface area contributed by atoms with Gasteiger partial charge in [-0.1, -0.05) is 83.3 Å². The van der Waals surface area contributed by atoms with Gasteiger partial charge in [0, 0.05) is 20.3 Å². The highest BCUT2D eigenvalue weighted by atomic mass is 16.1. The van der Waals surface area contributed by atoms with Crippen LogP contribution in [0.1, 0.15) is 130 Å². The summed E-state index contributed by atoms with van der Waals surface area (Å²) in [5.74, 6) is 0.0511. The van der Waals surface area contributed by atoms with E-state index in [1.807, 2.05) is 0 Å². The highest BCUT2D eigenvalue weighted by Crippen LogP contribution is 2.26. The fourth-order valence-corrected chi connectivity index (χ4v) is 5.03. The first-order chi connectivity index (χ1) is 15.6. The minimum absolute atomic E-state index is 0.0511. The number of amides is 1. The lowest BCUT2D eigenvalue weighted by Crippen LogP contribution is -2.62. The van der Waals surface area contributed by atoms with E-state index in [9.17, 15) is 4.79 Å². The van der Waals surface area contributed by atoms with E-state index in [2.05, 4.69) is 56.0 Å². The lowest BCUT2D eigenvalue weighted by molar-refractivity contribution is -0.923. The Morgan fingerprint density at radius 3 is 1.97 bits per heavy atom. The number of unbranched alkanes of at least 4 members (excludes halogenated alkanes) is 13. The van der Waals surface area contributed by atoms with Crippen molar-refractivity contribution in [3.05, 3.63) is 24.6 Å². The number of nitrogens with one attached hydrogen (secondary N) is 2. The summed E-state index contributed by atoms with van der Waals surface area (Å²) in [6, 6.07) is 0. The smallest absolute Gasteiger partial charge is 0.221 e. The molecule has 0 aromatic rings. The molecule has 0 saturated carbocycles. The molecule has 186 valence electrons. The zero-order valence-corrected chi connectivity index (χ0v) is 21.8. The van der Waals surface area contributed by atoms with E-state index in [1.54, 1.807) is 6.92 Å². The van der Waals surface area contributed by atoms with Gasteiger partial charge in [0.25, 0.3) is 0 Å². The number of carbonyl (C=O) groups is 1. The fourth-order valence-electron chi connectivity index (χ4n) is 5.03. The maximum atomic E-state index is 11.5. The first-order valence-corrected chi connectivity index (χ1v) is 13.8. The minimum atomic E-state index is 0.0511. The van der Waals surface area contributed by atoms with Crippen molar-refractivity contribution in [2.24, 2.45) is 0 Å². The van der Waals surface area contributed by atoms with Gasteiger partial charge in [-0.25, -0.2) is 0 Å². The number of allylic oxidation sites excluding steroid dienone is 2. The van der Waals surface area contributed by atoms with Crippen LogP contribution in [-0.2, 0) is 4.79 Å². The average Bonchev–Trinajstić information content (AvgIpc) is 3.19. The summed E-state index contributed by atoms with van der Waals surface area (Å²) >= 11 is 0. The molecule has 32 heavy (non-hydrogen) atoms. The van der Waals surface area contributed by atoms with E-state index in [1.165, 1.54) is 96.3 Å². The summed E-state index contributed by atoms with van der Waals surface area (Å²) in [7, 11) is 0. The maximum absolute atomic E-state index is 11.5. The van der Waals surface area contributed by atoms with Gasteiger partial charge in [0.1, 0.15) is 6.20 Å². The van der Waals surface area contributed by atoms with Crippen LogP contribution in [0.25, 0.3) is 0 Å². The standard InChI is InChI=1S/C28H53N3O/c1-5-7-8-9-10-11-12-13-14-15-16-17-18-19-20-21-22-23-28-29-24-25-31(28,6-2)26(3)30-27(4)32/h14-15,24-26,28-29H,5-13,16-23H2,1-4H3/p+1/b15-14+. The van der Waals surface area contributed by atoms with Crippen LogP contribution < -0.4 is 10.6 Å².